The maximum absolute atomic E-state index is 12.9. The highest BCUT2D eigenvalue weighted by molar-refractivity contribution is 5.82. The number of carbonyl (C=O) groups is 1. The van der Waals surface area contributed by atoms with Crippen LogP contribution in [0.2, 0.25) is 0 Å². The van der Waals surface area contributed by atoms with Crippen LogP contribution in [-0.2, 0) is 17.8 Å². The summed E-state index contributed by atoms with van der Waals surface area (Å²) in [5.74, 6) is 0.563. The van der Waals surface area contributed by atoms with Gasteiger partial charge in [0.15, 0.2) is 5.43 Å². The molecule has 0 aliphatic carbocycles. The third-order valence-corrected chi connectivity index (χ3v) is 5.42. The first kappa shape index (κ1) is 18.4. The van der Waals surface area contributed by atoms with Crippen molar-refractivity contribution in [1.82, 2.24) is 14.6 Å². The largest absolute Gasteiger partial charge is 0.391 e. The number of fused-ring (bicyclic) bond motifs is 1. The molecule has 0 saturated carbocycles. The Kier molecular flexibility index (Phi) is 4.77. The number of nitrogens with zero attached hydrogens (tertiary/aromatic N) is 3. The number of amides is 1. The molecule has 146 valence electrons. The second-order valence-corrected chi connectivity index (χ2v) is 7.52. The number of aryl methyl sites for hydroxylation is 2. The molecule has 4 rings (SSSR count). The van der Waals surface area contributed by atoms with Crippen LogP contribution in [0.25, 0.3) is 10.9 Å². The van der Waals surface area contributed by atoms with E-state index in [1.165, 1.54) is 0 Å². The number of aliphatic hydroxyl groups is 1. The maximum Gasteiger partial charge on any atom is 0.242 e. The second kappa shape index (κ2) is 7.24. The fraction of sp³-hybridized carbons (Fsp3) is 0.381. The third kappa shape index (κ3) is 3.45. The van der Waals surface area contributed by atoms with Gasteiger partial charge in [-0.2, -0.15) is 0 Å². The second-order valence-electron chi connectivity index (χ2n) is 7.52. The van der Waals surface area contributed by atoms with Crippen molar-refractivity contribution in [2.45, 2.75) is 32.9 Å². The van der Waals surface area contributed by atoms with Crippen molar-refractivity contribution in [3.63, 3.8) is 0 Å². The number of hydrogen-bond acceptors (Lipinski definition) is 5. The van der Waals surface area contributed by atoms with Crippen LogP contribution in [-0.4, -0.2) is 44.8 Å². The van der Waals surface area contributed by atoms with Crippen molar-refractivity contribution in [3.05, 3.63) is 63.8 Å². The van der Waals surface area contributed by atoms with Gasteiger partial charge in [0.2, 0.25) is 5.91 Å². The van der Waals surface area contributed by atoms with Gasteiger partial charge < -0.3 is 19.1 Å². The molecule has 3 aromatic rings. The van der Waals surface area contributed by atoms with E-state index in [0.29, 0.717) is 24.9 Å². The van der Waals surface area contributed by atoms with Crippen LogP contribution in [0.5, 0.6) is 0 Å². The molecular weight excluding hydrogens is 358 g/mol. The van der Waals surface area contributed by atoms with E-state index in [1.807, 2.05) is 42.7 Å². The summed E-state index contributed by atoms with van der Waals surface area (Å²) >= 11 is 0. The highest BCUT2D eigenvalue weighted by Gasteiger charge is 2.34. The SMILES string of the molecule is Cc1cc(C[C@@H]2CN(C(=O)Cn3c(C)cc(=O)c4ccccc43)C[C@@H]2O)on1. The molecule has 1 amide bonds. The summed E-state index contributed by atoms with van der Waals surface area (Å²) in [6, 6.07) is 10.7. The summed E-state index contributed by atoms with van der Waals surface area (Å²) in [6.45, 7) is 4.58. The Bertz CT molecular complexity index is 1080. The Morgan fingerprint density at radius 1 is 1.25 bits per heavy atom. The quantitative estimate of drug-likeness (QED) is 0.743. The predicted molar refractivity (Wildman–Crippen MR) is 104 cm³/mol. The summed E-state index contributed by atoms with van der Waals surface area (Å²) in [7, 11) is 0. The predicted octanol–water partition coefficient (Wildman–Crippen LogP) is 1.67. The average Bonchev–Trinajstić information content (AvgIpc) is 3.24. The van der Waals surface area contributed by atoms with E-state index in [1.54, 1.807) is 17.0 Å². The van der Waals surface area contributed by atoms with Crippen molar-refractivity contribution in [1.29, 1.82) is 0 Å². The standard InChI is InChI=1S/C21H23N3O4/c1-13-7-16(28-22-13)9-15-10-23(11-20(15)26)21(27)12-24-14(2)8-19(25)17-5-3-4-6-18(17)24/h3-8,15,20,26H,9-12H2,1-2H3/t15-,20+/m1/s1. The number of β-amino-alcohol motifs (C(OH)–C–C–N with tert-alkyl or cyclic N) is 1. The molecule has 28 heavy (non-hydrogen) atoms. The summed E-state index contributed by atoms with van der Waals surface area (Å²) in [6.07, 6.45) is -0.0487. The summed E-state index contributed by atoms with van der Waals surface area (Å²) < 4.78 is 7.10. The molecule has 0 spiro atoms. The van der Waals surface area contributed by atoms with Gasteiger partial charge in [0.1, 0.15) is 12.3 Å². The number of hydrogen-bond donors (Lipinski definition) is 1. The molecule has 0 unspecified atom stereocenters. The molecule has 1 aromatic carbocycles. The topological polar surface area (TPSA) is 88.6 Å². The molecule has 2 atom stereocenters. The molecule has 1 fully saturated rings. The van der Waals surface area contributed by atoms with Crippen LogP contribution in [0.3, 0.4) is 0 Å². The van der Waals surface area contributed by atoms with E-state index < -0.39 is 6.10 Å². The molecule has 7 nitrogen and oxygen atoms in total. The first-order chi connectivity index (χ1) is 13.4. The number of carbonyl (C=O) groups excluding carboxylic acids is 1. The fourth-order valence-electron chi connectivity index (χ4n) is 3.93. The third-order valence-electron chi connectivity index (χ3n) is 5.42. The van der Waals surface area contributed by atoms with E-state index in [9.17, 15) is 14.7 Å². The Morgan fingerprint density at radius 3 is 2.79 bits per heavy atom. The average molecular weight is 381 g/mol. The van der Waals surface area contributed by atoms with E-state index in [2.05, 4.69) is 5.16 Å². The van der Waals surface area contributed by atoms with Crippen LogP contribution in [0.4, 0.5) is 0 Å². The van der Waals surface area contributed by atoms with Crippen molar-refractivity contribution in [2.75, 3.05) is 13.1 Å². The lowest BCUT2D eigenvalue weighted by atomic mass is 10.0. The molecule has 7 heteroatoms. The Morgan fingerprint density at radius 2 is 2.04 bits per heavy atom. The zero-order valence-corrected chi connectivity index (χ0v) is 16.0. The van der Waals surface area contributed by atoms with Gasteiger partial charge in [-0.3, -0.25) is 9.59 Å². The highest BCUT2D eigenvalue weighted by Crippen LogP contribution is 2.23. The molecule has 3 heterocycles. The number of rotatable bonds is 4. The monoisotopic (exact) mass is 381 g/mol. The van der Waals surface area contributed by atoms with Gasteiger partial charge >= 0.3 is 0 Å². The summed E-state index contributed by atoms with van der Waals surface area (Å²) in [5.41, 5.74) is 2.24. The minimum atomic E-state index is -0.596. The lowest BCUT2D eigenvalue weighted by molar-refractivity contribution is -0.131. The fourth-order valence-corrected chi connectivity index (χ4v) is 3.93. The van der Waals surface area contributed by atoms with Crippen molar-refractivity contribution in [3.8, 4) is 0 Å². The molecular formula is C21H23N3O4. The molecule has 0 bridgehead atoms. The first-order valence-corrected chi connectivity index (χ1v) is 9.39. The summed E-state index contributed by atoms with van der Waals surface area (Å²) in [4.78, 5) is 26.8. The Hall–Kier alpha value is -2.93. The van der Waals surface area contributed by atoms with Gasteiger partial charge in [-0.25, -0.2) is 0 Å². The zero-order chi connectivity index (χ0) is 19.8. The van der Waals surface area contributed by atoms with Gasteiger partial charge in [0.25, 0.3) is 0 Å². The summed E-state index contributed by atoms with van der Waals surface area (Å²) in [5, 5.41) is 14.9. The lowest BCUT2D eigenvalue weighted by Gasteiger charge is -2.20. The van der Waals surface area contributed by atoms with Crippen LogP contribution < -0.4 is 5.43 Å². The molecule has 1 saturated heterocycles. The lowest BCUT2D eigenvalue weighted by Crippen LogP contribution is -2.33. The van der Waals surface area contributed by atoms with E-state index in [0.717, 1.165) is 22.7 Å². The van der Waals surface area contributed by atoms with Gasteiger partial charge in [-0.15, -0.1) is 0 Å². The van der Waals surface area contributed by atoms with E-state index in [-0.39, 0.29) is 23.8 Å². The molecule has 2 aromatic heterocycles. The minimum absolute atomic E-state index is 0.0455. The number of pyridine rings is 1. The highest BCUT2D eigenvalue weighted by atomic mass is 16.5. The number of likely N-dealkylation sites (tertiary alicyclic amines) is 1. The molecule has 1 aliphatic heterocycles. The normalized spacial score (nSPS) is 19.5. The maximum atomic E-state index is 12.9. The van der Waals surface area contributed by atoms with Crippen molar-refractivity contribution >= 4 is 16.8 Å². The molecule has 1 aliphatic rings. The number of aliphatic hydroxyl groups excluding tert-OH is 1. The zero-order valence-electron chi connectivity index (χ0n) is 16.0. The Balaban J connectivity index is 1.52. The van der Waals surface area contributed by atoms with Crippen LogP contribution >= 0.6 is 0 Å². The number of para-hydroxylation sites is 1. The van der Waals surface area contributed by atoms with Gasteiger partial charge in [-0.05, 0) is 26.0 Å². The minimum Gasteiger partial charge on any atom is -0.391 e. The number of aromatic nitrogens is 2. The van der Waals surface area contributed by atoms with Crippen LogP contribution in [0.1, 0.15) is 17.1 Å². The van der Waals surface area contributed by atoms with Crippen molar-refractivity contribution < 1.29 is 14.4 Å². The van der Waals surface area contributed by atoms with Gasteiger partial charge in [0, 0.05) is 48.6 Å². The Labute approximate surface area is 162 Å². The van der Waals surface area contributed by atoms with E-state index in [4.69, 9.17) is 4.52 Å². The molecule has 1 N–H and O–H groups in total. The smallest absolute Gasteiger partial charge is 0.242 e. The van der Waals surface area contributed by atoms with Gasteiger partial charge in [0.05, 0.1) is 17.3 Å². The van der Waals surface area contributed by atoms with Crippen LogP contribution in [0, 0.1) is 19.8 Å². The van der Waals surface area contributed by atoms with Gasteiger partial charge in [-0.1, -0.05) is 17.3 Å². The molecule has 0 radical (unpaired) electrons. The first-order valence-electron chi connectivity index (χ1n) is 9.39. The van der Waals surface area contributed by atoms with E-state index >= 15 is 0 Å². The van der Waals surface area contributed by atoms with Crippen molar-refractivity contribution in [2.24, 2.45) is 5.92 Å². The number of benzene rings is 1. The van der Waals surface area contributed by atoms with Crippen LogP contribution in [0.15, 0.2) is 45.7 Å².